The van der Waals surface area contributed by atoms with Crippen molar-refractivity contribution in [1.29, 1.82) is 0 Å². The Bertz CT molecular complexity index is 1710. The van der Waals surface area contributed by atoms with Crippen molar-refractivity contribution < 1.29 is 39.0 Å². The van der Waals surface area contributed by atoms with Crippen LogP contribution >= 0.6 is 34.5 Å². The Morgan fingerprint density at radius 1 is 0.980 bits per heavy atom. The second-order valence-electron chi connectivity index (χ2n) is 12.0. The lowest BCUT2D eigenvalue weighted by Gasteiger charge is -2.44. The molecule has 3 aliphatic heterocycles. The summed E-state index contributed by atoms with van der Waals surface area (Å²) in [5.74, 6) is 0.668. The van der Waals surface area contributed by atoms with Gasteiger partial charge in [0.1, 0.15) is 28.3 Å². The molecule has 13 heteroatoms. The zero-order chi connectivity index (χ0) is 33.6. The van der Waals surface area contributed by atoms with Crippen LogP contribution in [-0.2, 0) is 27.2 Å². The van der Waals surface area contributed by atoms with Crippen LogP contribution < -0.4 is 19.8 Å². The maximum absolute atomic E-state index is 13.6. The van der Waals surface area contributed by atoms with Gasteiger partial charge in [-0.1, -0.05) is 59.6 Å². The number of rotatable bonds is 13. The summed E-state index contributed by atoms with van der Waals surface area (Å²) in [5, 5.41) is 5.99. The minimum Gasteiger partial charge on any atom is -0.870 e. The van der Waals surface area contributed by atoms with Crippen LogP contribution in [0.4, 0.5) is 0 Å². The number of ether oxygens (including phenoxy) is 4. The summed E-state index contributed by atoms with van der Waals surface area (Å²) in [6.07, 6.45) is 4.78. The third-order valence-electron chi connectivity index (χ3n) is 9.02. The van der Waals surface area contributed by atoms with Gasteiger partial charge >= 0.3 is 11.9 Å². The number of fused-ring (bicyclic) bond motifs is 3. The average molecular weight is 729 g/mol. The Morgan fingerprint density at radius 2 is 1.69 bits per heavy atom. The van der Waals surface area contributed by atoms with Gasteiger partial charge in [0.05, 0.1) is 19.8 Å². The Balaban J connectivity index is 0.00000468. The summed E-state index contributed by atoms with van der Waals surface area (Å²) in [7, 11) is 3.10. The molecule has 260 valence electrons. The number of esters is 2. The normalized spacial score (nSPS) is 19.3. The maximum Gasteiger partial charge on any atom is 0.339 e. The number of hydrogen-bond donors (Lipinski definition) is 1. The van der Waals surface area contributed by atoms with Crippen molar-refractivity contribution in [3.8, 4) is 11.5 Å². The first-order valence-corrected chi connectivity index (χ1v) is 17.5. The van der Waals surface area contributed by atoms with Gasteiger partial charge in [-0.15, -0.1) is 11.3 Å². The van der Waals surface area contributed by atoms with E-state index in [2.05, 4.69) is 15.2 Å². The van der Waals surface area contributed by atoms with E-state index in [-0.39, 0.29) is 24.0 Å². The average Bonchev–Trinajstić information content (AvgIpc) is 3.59. The van der Waals surface area contributed by atoms with Crippen LogP contribution in [0.25, 0.3) is 0 Å². The first-order valence-electron chi connectivity index (χ1n) is 15.9. The topological polar surface area (TPSA) is 130 Å². The smallest absolute Gasteiger partial charge is 0.339 e. The number of nitrogens with zero attached hydrogens (tertiary/aromatic N) is 1. The number of piperidine rings is 3. The van der Waals surface area contributed by atoms with Crippen LogP contribution in [0.5, 0.6) is 11.5 Å². The van der Waals surface area contributed by atoms with Gasteiger partial charge < -0.3 is 24.4 Å². The third-order valence-corrected chi connectivity index (χ3v) is 10.6. The highest BCUT2D eigenvalue weighted by molar-refractivity contribution is 7.10. The van der Waals surface area contributed by atoms with Crippen molar-refractivity contribution >= 4 is 46.5 Å². The highest BCUT2D eigenvalue weighted by Crippen LogP contribution is 2.36. The number of carbonyl (C=O) groups is 2. The van der Waals surface area contributed by atoms with Crippen LogP contribution in [-0.4, -0.2) is 62.3 Å². The van der Waals surface area contributed by atoms with Gasteiger partial charge in [-0.05, 0) is 61.2 Å². The van der Waals surface area contributed by atoms with Crippen LogP contribution in [0.2, 0.25) is 10.0 Å². The number of thiophene rings is 1. The lowest BCUT2D eigenvalue weighted by Crippen LogP contribution is -2.52. The molecule has 0 saturated carbocycles. The van der Waals surface area contributed by atoms with Crippen molar-refractivity contribution in [3.63, 3.8) is 0 Å². The van der Waals surface area contributed by atoms with Gasteiger partial charge in [0.25, 0.3) is 0 Å². The Morgan fingerprint density at radius 3 is 2.35 bits per heavy atom. The van der Waals surface area contributed by atoms with Crippen molar-refractivity contribution in [2.75, 3.05) is 33.9 Å². The fourth-order valence-electron chi connectivity index (χ4n) is 6.36. The highest BCUT2D eigenvalue weighted by Gasteiger charge is 2.38. The van der Waals surface area contributed by atoms with E-state index in [1.165, 1.54) is 11.3 Å². The number of pyridine rings is 1. The van der Waals surface area contributed by atoms with Crippen LogP contribution in [0.1, 0.15) is 56.9 Å². The summed E-state index contributed by atoms with van der Waals surface area (Å²) < 4.78 is 23.1. The number of benzene rings is 2. The zero-order valence-electron chi connectivity index (χ0n) is 27.2. The molecule has 0 radical (unpaired) electrons. The number of halogens is 2. The first-order chi connectivity index (χ1) is 23.3. The fourth-order valence-corrected chi connectivity index (χ4v) is 7.70. The molecule has 10 nitrogen and oxygen atoms in total. The zero-order valence-corrected chi connectivity index (χ0v) is 29.5. The minimum absolute atomic E-state index is 0. The molecule has 3 aliphatic rings. The standard InChI is InChI=1S/C36H37Cl2N3O6S.H2O/c1-44-30-9-8-24(15-32(30)45-2)31(16-27-28(37)18-39-19-29(27)38)46-35(42)25-14-26(48-21-25)17-40-34(23-6-4-3-5-7-23)36(43)47-33-20-41-12-10-22(33)11-13-41;/h3-9,14-15,18-19,21-22,31,33-34,40H,10-13,16-17,20H2,1-2H3;1H2/t31-,33-,34?;/m0./s1. The number of methoxy groups -OCH3 is 2. The summed E-state index contributed by atoms with van der Waals surface area (Å²) >= 11 is 14.4. The van der Waals surface area contributed by atoms with E-state index in [0.717, 1.165) is 42.9 Å². The van der Waals surface area contributed by atoms with Gasteiger partial charge in [-0.2, -0.15) is 0 Å². The summed E-state index contributed by atoms with van der Waals surface area (Å²) in [6.45, 7) is 3.30. The van der Waals surface area contributed by atoms with E-state index < -0.39 is 18.1 Å². The molecule has 2 aromatic carbocycles. The molecule has 0 amide bonds. The molecule has 0 spiro atoms. The third kappa shape index (κ3) is 8.72. The second kappa shape index (κ2) is 16.8. The van der Waals surface area contributed by atoms with Gasteiger partial charge in [0, 0.05) is 35.3 Å². The quantitative estimate of drug-likeness (QED) is 0.157. The van der Waals surface area contributed by atoms with Crippen molar-refractivity contribution in [3.05, 3.63) is 110 Å². The monoisotopic (exact) mass is 727 g/mol. The van der Waals surface area contributed by atoms with Crippen LogP contribution in [0.3, 0.4) is 0 Å². The number of nitrogens with one attached hydrogen (secondary N) is 2. The van der Waals surface area contributed by atoms with Crippen LogP contribution in [0, 0.1) is 5.92 Å². The molecule has 7 rings (SSSR count). The van der Waals surface area contributed by atoms with Gasteiger partial charge in [0.2, 0.25) is 0 Å². The van der Waals surface area contributed by atoms with Gasteiger partial charge in [-0.25, -0.2) is 14.6 Å². The molecule has 3 atom stereocenters. The maximum atomic E-state index is 13.6. The predicted octanol–water partition coefficient (Wildman–Crippen LogP) is 6.32. The highest BCUT2D eigenvalue weighted by atomic mass is 35.5. The lowest BCUT2D eigenvalue weighted by molar-refractivity contribution is -0.377. The fraction of sp³-hybridized carbons (Fsp3) is 0.361. The largest absolute Gasteiger partial charge is 0.870 e. The summed E-state index contributed by atoms with van der Waals surface area (Å²) in [4.78, 5) is 33.3. The molecule has 3 saturated heterocycles. The van der Waals surface area contributed by atoms with E-state index in [1.54, 1.807) is 50.2 Å². The Hall–Kier alpha value is -3.71. The molecule has 5 heterocycles. The molecule has 2 aromatic heterocycles. The molecule has 1 unspecified atom stereocenters. The van der Waals surface area contributed by atoms with E-state index in [9.17, 15) is 9.59 Å². The molecular weight excluding hydrogens is 689 g/mol. The molecular formula is C36H39Cl2N3O7S. The van der Waals surface area contributed by atoms with Gasteiger partial charge in [0.15, 0.2) is 23.9 Å². The second-order valence-corrected chi connectivity index (χ2v) is 13.8. The molecule has 4 aromatic rings. The van der Waals surface area contributed by atoms with E-state index >= 15 is 0 Å². The minimum atomic E-state index is -0.736. The predicted molar refractivity (Wildman–Crippen MR) is 186 cm³/mol. The van der Waals surface area contributed by atoms with Gasteiger partial charge in [-0.3, -0.25) is 10.2 Å². The number of H-pyrrole nitrogens is 1. The van der Waals surface area contributed by atoms with Crippen molar-refractivity contribution in [1.82, 2.24) is 10.2 Å². The number of aromatic amines is 1. The van der Waals surface area contributed by atoms with Crippen molar-refractivity contribution in [2.24, 2.45) is 5.92 Å². The molecule has 49 heavy (non-hydrogen) atoms. The molecule has 3 N–H and O–H groups in total. The number of carbonyl (C=O) groups excluding carboxylic acids is 2. The lowest BCUT2D eigenvalue weighted by atomic mass is 9.86. The van der Waals surface area contributed by atoms with Crippen LogP contribution in [0.15, 0.2) is 72.4 Å². The summed E-state index contributed by atoms with van der Waals surface area (Å²) in [5.41, 5.74) is 2.54. The van der Waals surface area contributed by atoms with E-state index in [4.69, 9.17) is 42.1 Å². The molecule has 3 fully saturated rings. The SMILES string of the molecule is COc1ccc([C@H](Cc2c(Cl)c[nH+]cc2Cl)OC(=O)c2csc(CNC(C(=O)O[C@H]3CN4CCC3CC4)c3ccccc3)c2)cc1OC.[OH-]. The Labute approximate surface area is 299 Å². The number of aromatic nitrogens is 1. The van der Waals surface area contributed by atoms with E-state index in [0.29, 0.717) is 50.7 Å². The number of hydrogen-bond acceptors (Lipinski definition) is 10. The van der Waals surface area contributed by atoms with E-state index in [1.807, 2.05) is 36.4 Å². The van der Waals surface area contributed by atoms with Crippen molar-refractivity contribution in [2.45, 2.75) is 44.1 Å². The molecule has 0 aliphatic carbocycles. The summed E-state index contributed by atoms with van der Waals surface area (Å²) in [6, 6.07) is 16.1. The molecule has 2 bridgehead atoms. The first kappa shape index (κ1) is 36.6. The Kier molecular flexibility index (Phi) is 12.5.